The summed E-state index contributed by atoms with van der Waals surface area (Å²) in [6, 6.07) is 17.3. The van der Waals surface area contributed by atoms with E-state index >= 15 is 0 Å². The summed E-state index contributed by atoms with van der Waals surface area (Å²) in [5.41, 5.74) is 2.28. The van der Waals surface area contributed by atoms with E-state index in [2.05, 4.69) is 0 Å². The van der Waals surface area contributed by atoms with Gasteiger partial charge in [-0.3, -0.25) is 4.79 Å². The molecule has 5 heteroatoms. The van der Waals surface area contributed by atoms with Crippen molar-refractivity contribution in [3.63, 3.8) is 0 Å². The summed E-state index contributed by atoms with van der Waals surface area (Å²) in [7, 11) is 0. The molecule has 1 saturated heterocycles. The number of rotatable bonds is 3. The normalized spacial score (nSPS) is 19.2. The Kier molecular flexibility index (Phi) is 5.24. The number of Topliss-reactive ketones (excluding diaryl/α,β-unsaturated/α-hetero) is 1. The Hall–Kier alpha value is -2.53. The van der Waals surface area contributed by atoms with Crippen LogP contribution in [0.5, 0.6) is 0 Å². The van der Waals surface area contributed by atoms with Crippen molar-refractivity contribution < 1.29 is 14.7 Å². The van der Waals surface area contributed by atoms with Gasteiger partial charge in [0, 0.05) is 17.0 Å². The summed E-state index contributed by atoms with van der Waals surface area (Å²) < 4.78 is 0. The molecule has 2 aromatic carbocycles. The fourth-order valence-electron chi connectivity index (χ4n) is 2.98. The molecule has 1 N–H and O–H groups in total. The summed E-state index contributed by atoms with van der Waals surface area (Å²) in [5, 5.41) is 9.43. The van der Waals surface area contributed by atoms with Crippen LogP contribution in [-0.4, -0.2) is 41.2 Å². The van der Waals surface area contributed by atoms with Gasteiger partial charge in [0.2, 0.25) is 0 Å². The SMILES string of the molecule is CSc1ccc(C=C2CN(C(=O)O)CC(c3ccccc3)C2=O)cc1. The van der Waals surface area contributed by atoms with Crippen LogP contribution in [0.25, 0.3) is 6.08 Å². The van der Waals surface area contributed by atoms with Gasteiger partial charge in [-0.1, -0.05) is 42.5 Å². The van der Waals surface area contributed by atoms with Crippen LogP contribution in [-0.2, 0) is 4.79 Å². The minimum absolute atomic E-state index is 0.00218. The largest absolute Gasteiger partial charge is 0.465 e. The van der Waals surface area contributed by atoms with E-state index in [1.807, 2.05) is 60.9 Å². The first-order valence-corrected chi connectivity index (χ1v) is 9.22. The third kappa shape index (κ3) is 3.94. The van der Waals surface area contributed by atoms with Crippen molar-refractivity contribution in [3.8, 4) is 0 Å². The first kappa shape index (κ1) is 17.3. The Morgan fingerprint density at radius 2 is 1.84 bits per heavy atom. The van der Waals surface area contributed by atoms with Gasteiger partial charge in [-0.2, -0.15) is 0 Å². The van der Waals surface area contributed by atoms with Gasteiger partial charge in [0.05, 0.1) is 12.5 Å². The van der Waals surface area contributed by atoms with Crippen LogP contribution < -0.4 is 0 Å². The van der Waals surface area contributed by atoms with Gasteiger partial charge >= 0.3 is 6.09 Å². The maximum absolute atomic E-state index is 12.9. The monoisotopic (exact) mass is 353 g/mol. The zero-order valence-corrected chi connectivity index (χ0v) is 14.7. The molecule has 4 nitrogen and oxygen atoms in total. The average molecular weight is 353 g/mol. The highest BCUT2D eigenvalue weighted by Gasteiger charge is 2.34. The van der Waals surface area contributed by atoms with E-state index < -0.39 is 12.0 Å². The Morgan fingerprint density at radius 3 is 2.44 bits per heavy atom. The molecule has 2 aromatic rings. The third-order valence-corrected chi connectivity index (χ3v) is 5.07. The van der Waals surface area contributed by atoms with Crippen molar-refractivity contribution in [2.75, 3.05) is 19.3 Å². The molecule has 1 aliphatic rings. The van der Waals surface area contributed by atoms with E-state index in [0.29, 0.717) is 5.57 Å². The topological polar surface area (TPSA) is 57.6 Å². The standard InChI is InChI=1S/C20H19NO3S/c1-25-17-9-7-14(8-10-17)11-16-12-21(20(23)24)13-18(19(16)22)15-5-3-2-4-6-15/h2-11,18H,12-13H2,1H3,(H,23,24). The molecule has 0 bridgehead atoms. The van der Waals surface area contributed by atoms with Crippen LogP contribution in [0.15, 0.2) is 65.1 Å². The van der Waals surface area contributed by atoms with Crippen molar-refractivity contribution in [2.24, 2.45) is 0 Å². The second kappa shape index (κ2) is 7.57. The molecule has 128 valence electrons. The minimum atomic E-state index is -1.00. The first-order chi connectivity index (χ1) is 12.1. The lowest BCUT2D eigenvalue weighted by Crippen LogP contribution is -2.43. The number of piperidine rings is 1. The predicted molar refractivity (Wildman–Crippen MR) is 100.0 cm³/mol. The highest BCUT2D eigenvalue weighted by molar-refractivity contribution is 7.98. The number of benzene rings is 2. The molecule has 0 saturated carbocycles. The zero-order valence-electron chi connectivity index (χ0n) is 13.9. The molecule has 0 aromatic heterocycles. The predicted octanol–water partition coefficient (Wildman–Crippen LogP) is 4.14. The number of ketones is 1. The van der Waals surface area contributed by atoms with Crippen LogP contribution in [0.4, 0.5) is 4.79 Å². The van der Waals surface area contributed by atoms with Crippen molar-refractivity contribution in [1.29, 1.82) is 0 Å². The Bertz CT molecular complexity index is 799. The quantitative estimate of drug-likeness (QED) is 0.666. The van der Waals surface area contributed by atoms with E-state index in [0.717, 1.165) is 16.0 Å². The fourth-order valence-corrected chi connectivity index (χ4v) is 3.39. The highest BCUT2D eigenvalue weighted by Crippen LogP contribution is 2.28. The fraction of sp³-hybridized carbons (Fsp3) is 0.200. The second-order valence-corrected chi connectivity index (χ2v) is 6.81. The van der Waals surface area contributed by atoms with Gasteiger partial charge in [0.15, 0.2) is 5.78 Å². The molecule has 1 unspecified atom stereocenters. The number of hydrogen-bond donors (Lipinski definition) is 1. The first-order valence-electron chi connectivity index (χ1n) is 8.00. The van der Waals surface area contributed by atoms with Gasteiger partial charge < -0.3 is 10.0 Å². The number of carboxylic acid groups (broad SMARTS) is 1. The molecule has 1 aliphatic heterocycles. The molecule has 25 heavy (non-hydrogen) atoms. The van der Waals surface area contributed by atoms with Gasteiger partial charge in [-0.05, 0) is 35.6 Å². The van der Waals surface area contributed by atoms with Gasteiger partial charge in [-0.15, -0.1) is 11.8 Å². The number of likely N-dealkylation sites (tertiary alicyclic amines) is 1. The van der Waals surface area contributed by atoms with E-state index in [1.165, 1.54) is 4.90 Å². The van der Waals surface area contributed by atoms with Crippen molar-refractivity contribution >= 4 is 29.7 Å². The summed E-state index contributed by atoms with van der Waals surface area (Å²) >= 11 is 1.65. The van der Waals surface area contributed by atoms with Crippen molar-refractivity contribution in [1.82, 2.24) is 4.90 Å². The Balaban J connectivity index is 1.94. The van der Waals surface area contributed by atoms with Crippen LogP contribution in [0.2, 0.25) is 0 Å². The second-order valence-electron chi connectivity index (χ2n) is 5.93. The van der Waals surface area contributed by atoms with E-state index in [4.69, 9.17) is 0 Å². The van der Waals surface area contributed by atoms with Gasteiger partial charge in [0.25, 0.3) is 0 Å². The van der Waals surface area contributed by atoms with E-state index in [9.17, 15) is 14.7 Å². The number of amides is 1. The summed E-state index contributed by atoms with van der Waals surface area (Å²) in [6.07, 6.45) is 2.81. The molecule has 0 spiro atoms. The number of carbonyl (C=O) groups is 2. The minimum Gasteiger partial charge on any atom is -0.465 e. The summed E-state index contributed by atoms with van der Waals surface area (Å²) in [5.74, 6) is -0.458. The van der Waals surface area contributed by atoms with Crippen molar-refractivity contribution in [2.45, 2.75) is 10.8 Å². The molecule has 1 atom stereocenters. The van der Waals surface area contributed by atoms with E-state index in [1.54, 1.807) is 17.8 Å². The lowest BCUT2D eigenvalue weighted by Gasteiger charge is -2.31. The van der Waals surface area contributed by atoms with Gasteiger partial charge in [0.1, 0.15) is 0 Å². The summed E-state index contributed by atoms with van der Waals surface area (Å²) in [4.78, 5) is 26.9. The molecule has 3 rings (SSSR count). The number of nitrogens with zero attached hydrogens (tertiary/aromatic N) is 1. The van der Waals surface area contributed by atoms with Crippen molar-refractivity contribution in [3.05, 3.63) is 71.3 Å². The molecule has 1 heterocycles. The van der Waals surface area contributed by atoms with Crippen LogP contribution >= 0.6 is 11.8 Å². The third-order valence-electron chi connectivity index (χ3n) is 4.33. The lowest BCUT2D eigenvalue weighted by molar-refractivity contribution is -0.118. The Labute approximate surface area is 151 Å². The Morgan fingerprint density at radius 1 is 1.16 bits per heavy atom. The maximum Gasteiger partial charge on any atom is 0.407 e. The number of carbonyl (C=O) groups excluding carboxylic acids is 1. The summed E-state index contributed by atoms with van der Waals surface area (Å²) in [6.45, 7) is 0.322. The number of thioether (sulfide) groups is 1. The zero-order chi connectivity index (χ0) is 17.8. The number of hydrogen-bond acceptors (Lipinski definition) is 3. The average Bonchev–Trinajstić information content (AvgIpc) is 2.64. The molecular formula is C20H19NO3S. The maximum atomic E-state index is 12.9. The van der Waals surface area contributed by atoms with Gasteiger partial charge in [-0.25, -0.2) is 4.79 Å². The van der Waals surface area contributed by atoms with Crippen LogP contribution in [0.1, 0.15) is 17.0 Å². The lowest BCUT2D eigenvalue weighted by atomic mass is 9.86. The van der Waals surface area contributed by atoms with E-state index in [-0.39, 0.29) is 18.9 Å². The smallest absolute Gasteiger partial charge is 0.407 e. The molecule has 1 amide bonds. The molecular weight excluding hydrogens is 334 g/mol. The van der Waals surface area contributed by atoms with Crippen LogP contribution in [0, 0.1) is 0 Å². The highest BCUT2D eigenvalue weighted by atomic mass is 32.2. The van der Waals surface area contributed by atoms with Crippen LogP contribution in [0.3, 0.4) is 0 Å². The molecule has 1 fully saturated rings. The molecule has 0 radical (unpaired) electrons. The molecule has 0 aliphatic carbocycles.